The Labute approximate surface area is 110 Å². The number of pyridine rings is 1. The molecule has 100 valence electrons. The molecule has 1 unspecified atom stereocenters. The average Bonchev–Trinajstić information content (AvgIpc) is 2.45. The lowest BCUT2D eigenvalue weighted by molar-refractivity contribution is 0.119. The summed E-state index contributed by atoms with van der Waals surface area (Å²) in [7, 11) is 0. The van der Waals surface area contributed by atoms with Gasteiger partial charge in [-0.25, -0.2) is 0 Å². The number of piperidine rings is 1. The molecule has 0 spiro atoms. The number of aryl methyl sites for hydroxylation is 1. The molecule has 3 heteroatoms. The van der Waals surface area contributed by atoms with E-state index >= 15 is 0 Å². The van der Waals surface area contributed by atoms with Crippen LogP contribution in [0.5, 0.6) is 0 Å². The average molecular weight is 248 g/mol. The Bertz CT molecular complexity index is 310. The van der Waals surface area contributed by atoms with E-state index in [-0.39, 0.29) is 0 Å². The number of hydrogen-bond acceptors (Lipinski definition) is 3. The van der Waals surface area contributed by atoms with E-state index in [4.69, 9.17) is 4.74 Å². The van der Waals surface area contributed by atoms with E-state index in [9.17, 15) is 0 Å². The second-order valence-corrected chi connectivity index (χ2v) is 5.01. The summed E-state index contributed by atoms with van der Waals surface area (Å²) in [5.41, 5.74) is 1.35. The molecule has 1 N–H and O–H groups in total. The van der Waals surface area contributed by atoms with Crippen LogP contribution in [0.25, 0.3) is 0 Å². The number of nitrogens with zero attached hydrogens (tertiary/aromatic N) is 1. The topological polar surface area (TPSA) is 34.1 Å². The molecular formula is C15H24N2O. The number of hydrogen-bond donors (Lipinski definition) is 1. The first-order valence-electron chi connectivity index (χ1n) is 7.15. The van der Waals surface area contributed by atoms with Gasteiger partial charge in [0.2, 0.25) is 0 Å². The van der Waals surface area contributed by atoms with E-state index in [2.05, 4.69) is 22.4 Å². The standard InChI is InChI=1S/C15H24N2O/c1-2-9-17-15(5-1)8-13-18-12-3-4-14-6-10-16-11-7-14/h6-7,10-11,15,17H,1-5,8-9,12-13H2. The lowest BCUT2D eigenvalue weighted by Gasteiger charge is -2.23. The smallest absolute Gasteiger partial charge is 0.0480 e. The molecular weight excluding hydrogens is 224 g/mol. The molecule has 0 amide bonds. The fourth-order valence-corrected chi connectivity index (χ4v) is 2.43. The van der Waals surface area contributed by atoms with Crippen molar-refractivity contribution in [2.45, 2.75) is 44.6 Å². The van der Waals surface area contributed by atoms with E-state index < -0.39 is 0 Å². The Morgan fingerprint density at radius 2 is 2.11 bits per heavy atom. The van der Waals surface area contributed by atoms with Crippen LogP contribution in [0.1, 0.15) is 37.7 Å². The summed E-state index contributed by atoms with van der Waals surface area (Å²) >= 11 is 0. The van der Waals surface area contributed by atoms with Crippen molar-refractivity contribution in [1.82, 2.24) is 10.3 Å². The van der Waals surface area contributed by atoms with Crippen LogP contribution in [-0.2, 0) is 11.2 Å². The third kappa shape index (κ3) is 5.15. The van der Waals surface area contributed by atoms with Gasteiger partial charge in [-0.05, 0) is 56.3 Å². The minimum Gasteiger partial charge on any atom is -0.381 e. The van der Waals surface area contributed by atoms with E-state index in [0.29, 0.717) is 6.04 Å². The Kier molecular flexibility index (Phi) is 6.17. The van der Waals surface area contributed by atoms with Crippen LogP contribution in [0, 0.1) is 0 Å². The van der Waals surface area contributed by atoms with Crippen LogP contribution in [0.15, 0.2) is 24.5 Å². The van der Waals surface area contributed by atoms with Gasteiger partial charge in [-0.1, -0.05) is 6.42 Å². The highest BCUT2D eigenvalue weighted by atomic mass is 16.5. The van der Waals surface area contributed by atoms with Crippen LogP contribution < -0.4 is 5.32 Å². The second kappa shape index (κ2) is 8.22. The molecule has 0 bridgehead atoms. The van der Waals surface area contributed by atoms with Crippen LogP contribution in [0.4, 0.5) is 0 Å². The fraction of sp³-hybridized carbons (Fsp3) is 0.667. The highest BCUT2D eigenvalue weighted by molar-refractivity contribution is 5.09. The van der Waals surface area contributed by atoms with E-state index in [0.717, 1.165) is 32.5 Å². The molecule has 1 aromatic heterocycles. The summed E-state index contributed by atoms with van der Waals surface area (Å²) < 4.78 is 5.70. The van der Waals surface area contributed by atoms with Gasteiger partial charge in [0, 0.05) is 31.6 Å². The van der Waals surface area contributed by atoms with Crippen LogP contribution in [0.2, 0.25) is 0 Å². The molecule has 1 saturated heterocycles. The largest absolute Gasteiger partial charge is 0.381 e. The molecule has 3 nitrogen and oxygen atoms in total. The van der Waals surface area contributed by atoms with E-state index in [1.54, 1.807) is 0 Å². The van der Waals surface area contributed by atoms with Crippen molar-refractivity contribution in [3.63, 3.8) is 0 Å². The van der Waals surface area contributed by atoms with Crippen molar-refractivity contribution in [3.8, 4) is 0 Å². The Hall–Kier alpha value is -0.930. The van der Waals surface area contributed by atoms with Crippen molar-refractivity contribution in [3.05, 3.63) is 30.1 Å². The Morgan fingerprint density at radius 1 is 1.22 bits per heavy atom. The monoisotopic (exact) mass is 248 g/mol. The molecule has 2 rings (SSSR count). The molecule has 1 atom stereocenters. The maximum absolute atomic E-state index is 5.70. The third-order valence-electron chi connectivity index (χ3n) is 3.53. The van der Waals surface area contributed by atoms with Gasteiger partial charge < -0.3 is 10.1 Å². The molecule has 18 heavy (non-hydrogen) atoms. The van der Waals surface area contributed by atoms with E-state index in [1.807, 2.05) is 12.4 Å². The third-order valence-corrected chi connectivity index (χ3v) is 3.53. The van der Waals surface area contributed by atoms with Gasteiger partial charge >= 0.3 is 0 Å². The Balaban J connectivity index is 1.46. The lowest BCUT2D eigenvalue weighted by atomic mass is 10.0. The van der Waals surface area contributed by atoms with Gasteiger partial charge in [-0.15, -0.1) is 0 Å². The number of rotatable bonds is 7. The molecule has 0 aliphatic carbocycles. The molecule has 0 aromatic carbocycles. The maximum atomic E-state index is 5.70. The summed E-state index contributed by atoms with van der Waals surface area (Å²) in [6.07, 6.45) is 11.1. The van der Waals surface area contributed by atoms with E-state index in [1.165, 1.54) is 31.4 Å². The van der Waals surface area contributed by atoms with Gasteiger partial charge in [0.05, 0.1) is 0 Å². The first-order chi connectivity index (χ1) is 8.95. The summed E-state index contributed by atoms with van der Waals surface area (Å²) in [6.45, 7) is 2.95. The molecule has 0 radical (unpaired) electrons. The predicted octanol–water partition coefficient (Wildman–Crippen LogP) is 2.56. The zero-order valence-electron chi connectivity index (χ0n) is 11.1. The van der Waals surface area contributed by atoms with Crippen molar-refractivity contribution >= 4 is 0 Å². The SMILES string of the molecule is c1cc(CCCOCCC2CCCCN2)ccn1. The highest BCUT2D eigenvalue weighted by Gasteiger charge is 2.11. The van der Waals surface area contributed by atoms with Crippen molar-refractivity contribution < 1.29 is 4.74 Å². The predicted molar refractivity (Wildman–Crippen MR) is 73.6 cm³/mol. The number of nitrogens with one attached hydrogen (secondary N) is 1. The molecule has 1 aliphatic heterocycles. The zero-order chi connectivity index (χ0) is 12.5. The quantitative estimate of drug-likeness (QED) is 0.753. The molecule has 1 aliphatic rings. The van der Waals surface area contributed by atoms with Crippen molar-refractivity contribution in [2.75, 3.05) is 19.8 Å². The molecule has 1 fully saturated rings. The summed E-state index contributed by atoms with van der Waals surface area (Å²) in [6, 6.07) is 4.84. The molecule has 1 aromatic rings. The van der Waals surface area contributed by atoms with Crippen molar-refractivity contribution in [1.29, 1.82) is 0 Å². The summed E-state index contributed by atoms with van der Waals surface area (Å²) in [5, 5.41) is 3.55. The highest BCUT2D eigenvalue weighted by Crippen LogP contribution is 2.10. The van der Waals surface area contributed by atoms with Gasteiger partial charge in [-0.3, -0.25) is 4.98 Å². The normalized spacial score (nSPS) is 19.9. The molecule has 2 heterocycles. The van der Waals surface area contributed by atoms with Gasteiger partial charge in [0.15, 0.2) is 0 Å². The van der Waals surface area contributed by atoms with Gasteiger partial charge in [-0.2, -0.15) is 0 Å². The minimum atomic E-state index is 0.693. The maximum Gasteiger partial charge on any atom is 0.0480 e. The number of aromatic nitrogens is 1. The van der Waals surface area contributed by atoms with Crippen LogP contribution >= 0.6 is 0 Å². The van der Waals surface area contributed by atoms with Gasteiger partial charge in [0.25, 0.3) is 0 Å². The molecule has 0 saturated carbocycles. The zero-order valence-corrected chi connectivity index (χ0v) is 11.1. The van der Waals surface area contributed by atoms with Crippen LogP contribution in [0.3, 0.4) is 0 Å². The first kappa shape index (κ1) is 13.5. The minimum absolute atomic E-state index is 0.693. The first-order valence-corrected chi connectivity index (χ1v) is 7.15. The number of ether oxygens (including phenoxy) is 1. The summed E-state index contributed by atoms with van der Waals surface area (Å²) in [4.78, 5) is 4.02. The van der Waals surface area contributed by atoms with Crippen LogP contribution in [-0.4, -0.2) is 30.8 Å². The second-order valence-electron chi connectivity index (χ2n) is 5.01. The Morgan fingerprint density at radius 3 is 2.89 bits per heavy atom. The van der Waals surface area contributed by atoms with Gasteiger partial charge in [0.1, 0.15) is 0 Å². The summed E-state index contributed by atoms with van der Waals surface area (Å²) in [5.74, 6) is 0. The lowest BCUT2D eigenvalue weighted by Crippen LogP contribution is -2.34. The fourth-order valence-electron chi connectivity index (χ4n) is 2.43. The van der Waals surface area contributed by atoms with Crippen molar-refractivity contribution in [2.24, 2.45) is 0 Å².